The summed E-state index contributed by atoms with van der Waals surface area (Å²) >= 11 is 1.62. The number of thioether (sulfide) groups is 1. The van der Waals surface area contributed by atoms with Crippen LogP contribution in [0.4, 0.5) is 5.82 Å². The molecular formula is C24H36N2O2S. The zero-order valence-electron chi connectivity index (χ0n) is 18.5. The van der Waals surface area contributed by atoms with Crippen molar-refractivity contribution in [3.63, 3.8) is 0 Å². The maximum absolute atomic E-state index is 11.5. The number of carboxylic acids is 1. The molecule has 0 aliphatic rings. The molecular weight excluding hydrogens is 380 g/mol. The first-order chi connectivity index (χ1) is 13.8. The van der Waals surface area contributed by atoms with Gasteiger partial charge in [0.25, 0.3) is 0 Å². The summed E-state index contributed by atoms with van der Waals surface area (Å²) in [4.78, 5) is 15.7. The Kier molecular flexibility index (Phi) is 12.1. The van der Waals surface area contributed by atoms with E-state index in [0.29, 0.717) is 11.6 Å². The fourth-order valence-electron chi connectivity index (χ4n) is 2.63. The smallest absolute Gasteiger partial charge is 0.327 e. The minimum Gasteiger partial charge on any atom is -0.480 e. The van der Waals surface area contributed by atoms with Crippen molar-refractivity contribution in [2.45, 2.75) is 66.3 Å². The third-order valence-corrected chi connectivity index (χ3v) is 5.46. The largest absolute Gasteiger partial charge is 0.480 e. The van der Waals surface area contributed by atoms with E-state index in [1.54, 1.807) is 18.0 Å². The fourth-order valence-corrected chi connectivity index (χ4v) is 3.63. The van der Waals surface area contributed by atoms with Gasteiger partial charge in [0.2, 0.25) is 0 Å². The second-order valence-electron chi connectivity index (χ2n) is 7.75. The molecule has 29 heavy (non-hydrogen) atoms. The molecule has 0 bridgehead atoms. The van der Waals surface area contributed by atoms with Gasteiger partial charge in [0.1, 0.15) is 11.9 Å². The molecule has 0 fully saturated rings. The van der Waals surface area contributed by atoms with E-state index < -0.39 is 12.0 Å². The van der Waals surface area contributed by atoms with E-state index in [2.05, 4.69) is 56.2 Å². The maximum atomic E-state index is 11.5. The summed E-state index contributed by atoms with van der Waals surface area (Å²) in [6.07, 6.45) is 12.9. The number of aryl methyl sites for hydroxylation is 1. The highest BCUT2D eigenvalue weighted by atomic mass is 32.2. The third kappa shape index (κ3) is 12.2. The lowest BCUT2D eigenvalue weighted by Crippen LogP contribution is -2.32. The number of anilines is 1. The molecule has 1 aromatic heterocycles. The van der Waals surface area contributed by atoms with E-state index in [4.69, 9.17) is 0 Å². The molecule has 0 aromatic carbocycles. The van der Waals surface area contributed by atoms with E-state index in [-0.39, 0.29) is 0 Å². The number of hydrogen-bond donors (Lipinski definition) is 2. The van der Waals surface area contributed by atoms with Crippen molar-refractivity contribution < 1.29 is 9.90 Å². The fraction of sp³-hybridized carbons (Fsp3) is 0.500. The second kappa shape index (κ2) is 14.0. The van der Waals surface area contributed by atoms with E-state index in [1.807, 2.05) is 19.1 Å². The van der Waals surface area contributed by atoms with Gasteiger partial charge in [-0.2, -0.15) is 11.8 Å². The first-order valence-corrected chi connectivity index (χ1v) is 11.4. The molecule has 2 N–H and O–H groups in total. The maximum Gasteiger partial charge on any atom is 0.327 e. The number of nitrogens with one attached hydrogen (secondary N) is 1. The van der Waals surface area contributed by atoms with Crippen LogP contribution >= 0.6 is 11.8 Å². The lowest BCUT2D eigenvalue weighted by Gasteiger charge is -2.14. The molecule has 0 aliphatic carbocycles. The molecule has 1 atom stereocenters. The van der Waals surface area contributed by atoms with Gasteiger partial charge in [-0.1, -0.05) is 41.0 Å². The number of aromatic nitrogens is 1. The van der Waals surface area contributed by atoms with E-state index in [0.717, 1.165) is 37.0 Å². The van der Waals surface area contributed by atoms with Gasteiger partial charge in [-0.05, 0) is 71.9 Å². The average Bonchev–Trinajstić information content (AvgIpc) is 2.65. The summed E-state index contributed by atoms with van der Waals surface area (Å²) in [5.41, 5.74) is 5.23. The summed E-state index contributed by atoms with van der Waals surface area (Å²) in [7, 11) is 0. The number of rotatable bonds is 13. The molecule has 1 unspecified atom stereocenters. The summed E-state index contributed by atoms with van der Waals surface area (Å²) < 4.78 is 0. The van der Waals surface area contributed by atoms with Crippen molar-refractivity contribution in [2.24, 2.45) is 0 Å². The highest BCUT2D eigenvalue weighted by Crippen LogP contribution is 2.14. The Balaban J connectivity index is 2.33. The molecule has 5 heteroatoms. The van der Waals surface area contributed by atoms with Crippen molar-refractivity contribution in [2.75, 3.05) is 16.8 Å². The predicted octanol–water partition coefficient (Wildman–Crippen LogP) is 6.41. The van der Waals surface area contributed by atoms with E-state index >= 15 is 0 Å². The second-order valence-corrected chi connectivity index (χ2v) is 8.83. The van der Waals surface area contributed by atoms with Gasteiger partial charge in [0.05, 0.1) is 0 Å². The normalized spacial score (nSPS) is 13.1. The quantitative estimate of drug-likeness (QED) is 0.287. The van der Waals surface area contributed by atoms with Gasteiger partial charge in [-0.25, -0.2) is 9.78 Å². The number of hydrogen-bond acceptors (Lipinski definition) is 4. The first kappa shape index (κ1) is 25.0. The SMILES string of the molecule is CC(C)=CCCC(C)=CCCC(C)=CCSCC(Nc1ccc(C)cn1)C(=O)O. The molecule has 0 spiro atoms. The number of pyridine rings is 1. The monoisotopic (exact) mass is 416 g/mol. The number of carboxylic acid groups (broad SMARTS) is 1. The van der Waals surface area contributed by atoms with Crippen molar-refractivity contribution in [1.82, 2.24) is 4.98 Å². The standard InChI is InChI=1S/C24H36N2O2S/c1-18(2)8-6-9-19(3)10-7-11-20(4)14-15-29-17-22(24(27)28)26-23-13-12-21(5)16-25-23/h8,10,12-14,16,22H,6-7,9,11,15,17H2,1-5H3,(H,25,26)(H,27,28). The molecule has 0 saturated heterocycles. The van der Waals surface area contributed by atoms with Crippen LogP contribution in [0.1, 0.15) is 58.9 Å². The van der Waals surface area contributed by atoms with Crippen LogP contribution in [0.5, 0.6) is 0 Å². The summed E-state index contributed by atoms with van der Waals surface area (Å²) in [5, 5.41) is 12.4. The Labute approximate surface area is 180 Å². The van der Waals surface area contributed by atoms with Gasteiger partial charge in [0.15, 0.2) is 0 Å². The van der Waals surface area contributed by atoms with E-state index in [9.17, 15) is 9.90 Å². The number of nitrogens with zero attached hydrogens (tertiary/aromatic N) is 1. The van der Waals surface area contributed by atoms with Crippen LogP contribution in [-0.2, 0) is 4.79 Å². The number of aliphatic carboxylic acids is 1. The lowest BCUT2D eigenvalue weighted by molar-refractivity contribution is -0.137. The Morgan fingerprint density at radius 2 is 1.76 bits per heavy atom. The minimum absolute atomic E-state index is 0.498. The highest BCUT2D eigenvalue weighted by molar-refractivity contribution is 7.99. The van der Waals surface area contributed by atoms with Crippen LogP contribution < -0.4 is 5.32 Å². The zero-order valence-corrected chi connectivity index (χ0v) is 19.3. The molecule has 0 aliphatic heterocycles. The van der Waals surface area contributed by atoms with Gasteiger partial charge in [-0.3, -0.25) is 0 Å². The van der Waals surface area contributed by atoms with Gasteiger partial charge in [0, 0.05) is 17.7 Å². The van der Waals surface area contributed by atoms with E-state index in [1.165, 1.54) is 16.7 Å². The predicted molar refractivity (Wildman–Crippen MR) is 127 cm³/mol. The Morgan fingerprint density at radius 3 is 2.34 bits per heavy atom. The van der Waals surface area contributed by atoms with Crippen LogP contribution in [0.25, 0.3) is 0 Å². The van der Waals surface area contributed by atoms with Crippen molar-refractivity contribution >= 4 is 23.5 Å². The highest BCUT2D eigenvalue weighted by Gasteiger charge is 2.17. The molecule has 1 aromatic rings. The first-order valence-electron chi connectivity index (χ1n) is 10.2. The van der Waals surface area contributed by atoms with Crippen molar-refractivity contribution in [3.8, 4) is 0 Å². The third-order valence-electron chi connectivity index (χ3n) is 4.49. The topological polar surface area (TPSA) is 62.2 Å². The van der Waals surface area contributed by atoms with Crippen LogP contribution in [0, 0.1) is 6.92 Å². The minimum atomic E-state index is -0.852. The molecule has 1 heterocycles. The molecule has 1 rings (SSSR count). The molecule has 4 nitrogen and oxygen atoms in total. The zero-order chi connectivity index (χ0) is 21.6. The Hall–Kier alpha value is -2.01. The Morgan fingerprint density at radius 1 is 1.10 bits per heavy atom. The van der Waals surface area contributed by atoms with Crippen molar-refractivity contribution in [3.05, 3.63) is 58.8 Å². The lowest BCUT2D eigenvalue weighted by atomic mass is 10.1. The van der Waals surface area contributed by atoms with Crippen LogP contribution in [0.15, 0.2) is 53.3 Å². The number of allylic oxidation sites excluding steroid dienone is 5. The van der Waals surface area contributed by atoms with Crippen LogP contribution in [0.3, 0.4) is 0 Å². The average molecular weight is 417 g/mol. The molecule has 0 saturated carbocycles. The Bertz CT molecular complexity index is 717. The molecule has 0 radical (unpaired) electrons. The summed E-state index contributed by atoms with van der Waals surface area (Å²) in [5.74, 6) is 1.07. The van der Waals surface area contributed by atoms with Crippen LogP contribution in [0.2, 0.25) is 0 Å². The van der Waals surface area contributed by atoms with Crippen molar-refractivity contribution in [1.29, 1.82) is 0 Å². The van der Waals surface area contributed by atoms with Gasteiger partial charge < -0.3 is 10.4 Å². The van der Waals surface area contributed by atoms with Crippen LogP contribution in [-0.4, -0.2) is 33.6 Å². The van der Waals surface area contributed by atoms with Gasteiger partial charge >= 0.3 is 5.97 Å². The van der Waals surface area contributed by atoms with Gasteiger partial charge in [-0.15, -0.1) is 0 Å². The number of carbonyl (C=O) groups is 1. The summed E-state index contributed by atoms with van der Waals surface area (Å²) in [6.45, 7) is 10.6. The molecule has 160 valence electrons. The molecule has 0 amide bonds. The summed E-state index contributed by atoms with van der Waals surface area (Å²) in [6, 6.07) is 3.09.